The molecule has 5 heterocycles. The van der Waals surface area contributed by atoms with E-state index in [1.807, 2.05) is 28.7 Å². The van der Waals surface area contributed by atoms with Gasteiger partial charge in [-0.1, -0.05) is 36.4 Å². The summed E-state index contributed by atoms with van der Waals surface area (Å²) < 4.78 is 27.9. The zero-order valence-corrected chi connectivity index (χ0v) is 21.8. The number of rotatable bonds is 2. The maximum Gasteiger partial charge on any atom is 0.261 e. The zero-order valence-electron chi connectivity index (χ0n) is 21.0. The third-order valence-corrected chi connectivity index (χ3v) is 7.21. The Bertz CT molecular complexity index is 2000. The van der Waals surface area contributed by atoms with Gasteiger partial charge < -0.3 is 14.4 Å². The van der Waals surface area contributed by atoms with Gasteiger partial charge in [0.15, 0.2) is 0 Å². The summed E-state index contributed by atoms with van der Waals surface area (Å²) in [6.07, 6.45) is 2.80. The molecule has 0 spiro atoms. The Hall–Kier alpha value is -3.77. The summed E-state index contributed by atoms with van der Waals surface area (Å²) in [4.78, 5) is 25.5. The van der Waals surface area contributed by atoms with E-state index in [4.69, 9.17) is 9.54 Å². The standard InChI is InChI=1S/C26H23N5O2.CH4O3S/c1-29-9-11-30(12-10-29)13-15-14-31-23-16(15)6-4-7-18(23)22-20(17-5-2-3-8-19(17)27-22)21-24(31)26(33)28-25(21)32;1-5(2,3)4/h2-8,14,33H,9-13H2,1H3,(H,28,32);1H3,(H,2,3,4). The van der Waals surface area contributed by atoms with Crippen LogP contribution in [0, 0.1) is 0 Å². The van der Waals surface area contributed by atoms with Crippen molar-refractivity contribution < 1.29 is 18.1 Å². The van der Waals surface area contributed by atoms with Crippen LogP contribution in [0.25, 0.3) is 49.0 Å². The van der Waals surface area contributed by atoms with Gasteiger partial charge in [-0.05, 0) is 18.7 Å². The van der Waals surface area contributed by atoms with Crippen LogP contribution in [-0.2, 0) is 16.7 Å². The van der Waals surface area contributed by atoms with Gasteiger partial charge in [-0.15, -0.1) is 0 Å². The summed E-state index contributed by atoms with van der Waals surface area (Å²) in [5, 5.41) is 15.2. The number of benzene rings is 2. The first-order valence-corrected chi connectivity index (χ1v) is 14.1. The van der Waals surface area contributed by atoms with Crippen molar-refractivity contribution in [2.75, 3.05) is 39.5 Å². The summed E-state index contributed by atoms with van der Waals surface area (Å²) in [5.41, 5.74) is 4.04. The van der Waals surface area contributed by atoms with Crippen molar-refractivity contribution in [3.8, 4) is 5.88 Å². The van der Waals surface area contributed by atoms with Crippen molar-refractivity contribution in [3.05, 3.63) is 64.6 Å². The molecule has 0 atom stereocenters. The average molecular weight is 534 g/mol. The van der Waals surface area contributed by atoms with Crippen LogP contribution in [0.1, 0.15) is 5.56 Å². The number of hydrogen-bond donors (Lipinski definition) is 3. The van der Waals surface area contributed by atoms with E-state index in [1.54, 1.807) is 0 Å². The van der Waals surface area contributed by atoms with Crippen LogP contribution in [0.15, 0.2) is 53.5 Å². The number of aromatic nitrogens is 3. The molecule has 196 valence electrons. The number of aromatic hydroxyl groups is 1. The molecule has 0 saturated carbocycles. The fourth-order valence-corrected chi connectivity index (χ4v) is 5.55. The maximum atomic E-state index is 13.1. The molecule has 7 rings (SSSR count). The lowest BCUT2D eigenvalue weighted by molar-refractivity contribution is 0.148. The molecule has 6 aromatic rings. The molecule has 0 aliphatic carbocycles. The van der Waals surface area contributed by atoms with Gasteiger partial charge in [-0.3, -0.25) is 19.2 Å². The van der Waals surface area contributed by atoms with Crippen LogP contribution in [0.2, 0.25) is 0 Å². The molecule has 11 heteroatoms. The molecule has 0 radical (unpaired) electrons. The van der Waals surface area contributed by atoms with E-state index in [0.717, 1.165) is 70.8 Å². The Morgan fingerprint density at radius 1 is 0.947 bits per heavy atom. The fourth-order valence-electron chi connectivity index (χ4n) is 5.55. The van der Waals surface area contributed by atoms with E-state index in [-0.39, 0.29) is 11.4 Å². The van der Waals surface area contributed by atoms with Gasteiger partial charge in [-0.2, -0.15) is 8.42 Å². The lowest BCUT2D eigenvalue weighted by atomic mass is 10.1. The van der Waals surface area contributed by atoms with E-state index in [2.05, 4.69) is 46.2 Å². The van der Waals surface area contributed by atoms with Crippen molar-refractivity contribution in [3.63, 3.8) is 0 Å². The summed E-state index contributed by atoms with van der Waals surface area (Å²) in [7, 11) is -1.51. The molecule has 1 saturated heterocycles. The highest BCUT2D eigenvalue weighted by atomic mass is 32.2. The molecule has 10 nitrogen and oxygen atoms in total. The van der Waals surface area contributed by atoms with Gasteiger partial charge in [0.25, 0.3) is 15.7 Å². The molecule has 0 amide bonds. The minimum absolute atomic E-state index is 0.106. The topological polar surface area (TPSA) is 131 Å². The van der Waals surface area contributed by atoms with E-state index < -0.39 is 10.1 Å². The van der Waals surface area contributed by atoms with Crippen LogP contribution >= 0.6 is 0 Å². The van der Waals surface area contributed by atoms with Crippen LogP contribution in [0.4, 0.5) is 0 Å². The van der Waals surface area contributed by atoms with Crippen molar-refractivity contribution in [2.45, 2.75) is 6.54 Å². The number of piperazine rings is 1. The van der Waals surface area contributed by atoms with Gasteiger partial charge >= 0.3 is 0 Å². The highest BCUT2D eigenvalue weighted by Crippen LogP contribution is 2.39. The smallest absolute Gasteiger partial charge is 0.261 e. The number of H-pyrrole nitrogens is 1. The Labute approximate surface area is 217 Å². The number of nitrogens with one attached hydrogen (secondary N) is 1. The Balaban J connectivity index is 0.000000487. The van der Waals surface area contributed by atoms with Crippen LogP contribution in [-0.4, -0.2) is 81.7 Å². The average Bonchev–Trinajstić information content (AvgIpc) is 3.47. The summed E-state index contributed by atoms with van der Waals surface area (Å²) in [6, 6.07) is 14.2. The number of para-hydroxylation sites is 2. The lowest BCUT2D eigenvalue weighted by Gasteiger charge is -2.32. The second-order valence-electron chi connectivity index (χ2n) is 9.92. The third kappa shape index (κ3) is 4.13. The Morgan fingerprint density at radius 2 is 1.61 bits per heavy atom. The SMILES string of the molecule is CN1CCN(Cc2cn3c4c(O)[nH]c(=O)c4c4c5ccccc5nc4c4cccc2c43)CC1.CS(=O)(=O)O. The fraction of sp³-hybridized carbons (Fsp3) is 0.259. The van der Waals surface area contributed by atoms with Gasteiger partial charge in [0.05, 0.1) is 28.2 Å². The largest absolute Gasteiger partial charge is 0.493 e. The number of aromatic amines is 1. The molecule has 0 bridgehead atoms. The third-order valence-electron chi connectivity index (χ3n) is 7.21. The number of fused-ring (bicyclic) bond motifs is 7. The molecule has 0 unspecified atom stereocenters. The van der Waals surface area contributed by atoms with Gasteiger partial charge in [-0.25, -0.2) is 4.98 Å². The first kappa shape index (κ1) is 24.6. The predicted octanol–water partition coefficient (Wildman–Crippen LogP) is 3.03. The van der Waals surface area contributed by atoms with Gasteiger partial charge in [0, 0.05) is 60.5 Å². The first-order valence-electron chi connectivity index (χ1n) is 12.2. The quantitative estimate of drug-likeness (QED) is 0.290. The van der Waals surface area contributed by atoms with E-state index >= 15 is 0 Å². The molecule has 4 aromatic heterocycles. The van der Waals surface area contributed by atoms with Crippen molar-refractivity contribution >= 4 is 59.1 Å². The summed E-state index contributed by atoms with van der Waals surface area (Å²) >= 11 is 0. The normalized spacial score (nSPS) is 15.7. The minimum atomic E-state index is -3.67. The molecule has 1 aliphatic heterocycles. The maximum absolute atomic E-state index is 13.1. The highest BCUT2D eigenvalue weighted by molar-refractivity contribution is 7.85. The van der Waals surface area contributed by atoms with Crippen molar-refractivity contribution in [1.82, 2.24) is 24.2 Å². The molecule has 2 aromatic carbocycles. The van der Waals surface area contributed by atoms with Gasteiger partial charge in [0.1, 0.15) is 5.52 Å². The monoisotopic (exact) mass is 533 g/mol. The second kappa shape index (κ2) is 8.91. The molecule has 3 N–H and O–H groups in total. The van der Waals surface area contributed by atoms with Crippen LogP contribution in [0.5, 0.6) is 5.88 Å². The Kier molecular flexibility index (Phi) is 5.76. The minimum Gasteiger partial charge on any atom is -0.493 e. The van der Waals surface area contributed by atoms with Gasteiger partial charge in [0.2, 0.25) is 5.88 Å². The van der Waals surface area contributed by atoms with E-state index in [0.29, 0.717) is 17.2 Å². The molecular weight excluding hydrogens is 506 g/mol. The molecule has 1 aliphatic rings. The summed E-state index contributed by atoms with van der Waals surface area (Å²) in [5.74, 6) is -0.106. The predicted molar refractivity (Wildman–Crippen MR) is 149 cm³/mol. The van der Waals surface area contributed by atoms with E-state index in [1.165, 1.54) is 5.56 Å². The Morgan fingerprint density at radius 3 is 2.34 bits per heavy atom. The van der Waals surface area contributed by atoms with Crippen molar-refractivity contribution in [1.29, 1.82) is 0 Å². The van der Waals surface area contributed by atoms with E-state index in [9.17, 15) is 18.3 Å². The van der Waals surface area contributed by atoms with Crippen LogP contribution < -0.4 is 5.56 Å². The molecule has 38 heavy (non-hydrogen) atoms. The second-order valence-corrected chi connectivity index (χ2v) is 11.4. The first-order chi connectivity index (χ1) is 18.1. The molecular formula is C27H27N5O5S. The van der Waals surface area contributed by atoms with Crippen molar-refractivity contribution in [2.24, 2.45) is 0 Å². The zero-order chi connectivity index (χ0) is 26.8. The number of nitrogens with zero attached hydrogens (tertiary/aromatic N) is 4. The highest BCUT2D eigenvalue weighted by Gasteiger charge is 2.23. The lowest BCUT2D eigenvalue weighted by Crippen LogP contribution is -2.43. The molecule has 1 fully saturated rings. The number of likely N-dealkylation sites (N-methyl/N-ethyl adjacent to an activating group) is 1. The van der Waals surface area contributed by atoms with Crippen LogP contribution in [0.3, 0.4) is 0 Å². The summed E-state index contributed by atoms with van der Waals surface area (Å²) in [6.45, 7) is 4.98. The number of hydrogen-bond acceptors (Lipinski definition) is 7.